The molecule has 0 atom stereocenters. The van der Waals surface area contributed by atoms with Crippen molar-refractivity contribution in [1.82, 2.24) is 9.88 Å². The van der Waals surface area contributed by atoms with Crippen molar-refractivity contribution in [2.45, 2.75) is 20.0 Å². The molecular weight excluding hydrogens is 372 g/mol. The molecule has 7 heteroatoms. The van der Waals surface area contributed by atoms with Crippen LogP contribution in [0.3, 0.4) is 0 Å². The molecule has 3 rings (SSSR count). The molecule has 6 nitrogen and oxygen atoms in total. The maximum Gasteiger partial charge on any atom is 0.308 e. The molecule has 0 saturated carbocycles. The van der Waals surface area contributed by atoms with Crippen molar-refractivity contribution in [3.63, 3.8) is 0 Å². The quantitative estimate of drug-likeness (QED) is 0.726. The summed E-state index contributed by atoms with van der Waals surface area (Å²) in [5.74, 6) is -0.323. The Labute approximate surface area is 165 Å². The van der Waals surface area contributed by atoms with Crippen molar-refractivity contribution in [3.05, 3.63) is 91.0 Å². The fourth-order valence-electron chi connectivity index (χ4n) is 2.77. The smallest absolute Gasteiger partial charge is 0.308 e. The van der Waals surface area contributed by atoms with Crippen LogP contribution in [-0.2, 0) is 13.1 Å². The van der Waals surface area contributed by atoms with Crippen LogP contribution in [0, 0.1) is 29.6 Å². The Morgan fingerprint density at radius 1 is 1.11 bits per heavy atom. The largest absolute Gasteiger partial charge is 0.347 e. The minimum Gasteiger partial charge on any atom is -0.347 e. The van der Waals surface area contributed by atoms with Crippen molar-refractivity contribution in [2.75, 3.05) is 0 Å². The Morgan fingerprint density at radius 2 is 1.82 bits per heavy atom. The molecule has 1 heterocycles. The molecule has 2 aromatic carbocycles. The Balaban J connectivity index is 1.77. The van der Waals surface area contributed by atoms with Gasteiger partial charge >= 0.3 is 4.87 Å². The molecule has 1 N–H and O–H groups in total. The lowest BCUT2D eigenvalue weighted by atomic mass is 10.1. The first kappa shape index (κ1) is 19.1. The summed E-state index contributed by atoms with van der Waals surface area (Å²) in [6.45, 7) is 2.27. The fraction of sp³-hybridized carbons (Fsp3) is 0.143. The molecule has 0 fully saturated rings. The van der Waals surface area contributed by atoms with E-state index in [9.17, 15) is 14.9 Å². The average molecular weight is 388 g/mol. The molecule has 0 unspecified atom stereocenters. The summed E-state index contributed by atoms with van der Waals surface area (Å²) in [7, 11) is 0. The van der Waals surface area contributed by atoms with E-state index in [0.717, 1.165) is 22.5 Å². The van der Waals surface area contributed by atoms with Crippen LogP contribution < -0.4 is 10.2 Å². The molecule has 1 aromatic heterocycles. The van der Waals surface area contributed by atoms with Gasteiger partial charge in [-0.2, -0.15) is 10.5 Å². The fourth-order valence-corrected chi connectivity index (χ4v) is 3.68. The van der Waals surface area contributed by atoms with E-state index in [2.05, 4.69) is 11.4 Å². The maximum absolute atomic E-state index is 12.5. The van der Waals surface area contributed by atoms with Gasteiger partial charge in [-0.05, 0) is 36.2 Å². The van der Waals surface area contributed by atoms with Crippen LogP contribution in [0.15, 0.2) is 53.3 Å². The van der Waals surface area contributed by atoms with Crippen LogP contribution >= 0.6 is 11.3 Å². The number of hydrogen-bond acceptors (Lipinski definition) is 5. The van der Waals surface area contributed by atoms with Gasteiger partial charge in [-0.3, -0.25) is 14.2 Å². The Morgan fingerprint density at radius 3 is 2.50 bits per heavy atom. The first-order chi connectivity index (χ1) is 13.5. The molecule has 1 amide bonds. The summed E-state index contributed by atoms with van der Waals surface area (Å²) in [5, 5.41) is 20.9. The van der Waals surface area contributed by atoms with Gasteiger partial charge in [0.25, 0.3) is 5.91 Å². The molecule has 0 saturated heterocycles. The maximum atomic E-state index is 12.5. The van der Waals surface area contributed by atoms with Gasteiger partial charge in [0, 0.05) is 12.2 Å². The third-order valence-corrected chi connectivity index (χ3v) is 5.43. The number of nitrogens with zero attached hydrogens (tertiary/aromatic N) is 3. The van der Waals surface area contributed by atoms with Crippen LogP contribution in [0.25, 0.3) is 0 Å². The van der Waals surface area contributed by atoms with Gasteiger partial charge < -0.3 is 5.32 Å². The van der Waals surface area contributed by atoms with Gasteiger partial charge in [0.05, 0.1) is 29.8 Å². The zero-order valence-electron chi connectivity index (χ0n) is 15.1. The van der Waals surface area contributed by atoms with Crippen molar-refractivity contribution in [2.24, 2.45) is 0 Å². The highest BCUT2D eigenvalue weighted by molar-refractivity contribution is 7.11. The second-order valence-electron chi connectivity index (χ2n) is 6.13. The third-order valence-electron chi connectivity index (χ3n) is 4.35. The van der Waals surface area contributed by atoms with E-state index in [-0.39, 0.29) is 17.3 Å². The number of carbonyl (C=O) groups excluding carboxylic acids is 1. The van der Waals surface area contributed by atoms with Gasteiger partial charge in [-0.1, -0.05) is 41.7 Å². The number of nitriles is 2. The normalized spacial score (nSPS) is 10.1. The topological polar surface area (TPSA) is 98.7 Å². The van der Waals surface area contributed by atoms with Crippen LogP contribution in [0.2, 0.25) is 0 Å². The molecule has 0 aliphatic carbocycles. The number of carbonyl (C=O) groups is 1. The minimum atomic E-state index is -0.323. The predicted molar refractivity (Wildman–Crippen MR) is 106 cm³/mol. The second-order valence-corrected chi connectivity index (χ2v) is 7.09. The van der Waals surface area contributed by atoms with Gasteiger partial charge in [0.1, 0.15) is 4.88 Å². The number of hydrogen-bond donors (Lipinski definition) is 1. The van der Waals surface area contributed by atoms with Crippen LogP contribution in [0.4, 0.5) is 0 Å². The highest BCUT2D eigenvalue weighted by Gasteiger charge is 2.18. The third kappa shape index (κ3) is 4.01. The molecule has 0 radical (unpaired) electrons. The van der Waals surface area contributed by atoms with E-state index in [4.69, 9.17) is 5.26 Å². The highest BCUT2D eigenvalue weighted by Crippen LogP contribution is 2.16. The Hall–Kier alpha value is -3.68. The molecule has 138 valence electrons. The van der Waals surface area contributed by atoms with E-state index in [1.807, 2.05) is 12.1 Å². The van der Waals surface area contributed by atoms with E-state index in [1.54, 1.807) is 49.4 Å². The summed E-state index contributed by atoms with van der Waals surface area (Å²) in [4.78, 5) is 25.1. The first-order valence-corrected chi connectivity index (χ1v) is 9.30. The lowest BCUT2D eigenvalue weighted by Crippen LogP contribution is -2.23. The zero-order valence-corrected chi connectivity index (χ0v) is 15.9. The number of benzene rings is 2. The molecule has 28 heavy (non-hydrogen) atoms. The number of rotatable bonds is 5. The monoisotopic (exact) mass is 388 g/mol. The molecule has 0 aliphatic rings. The standard InChI is InChI=1S/C21H16N4O2S/c1-14-19(20(26)24-12-16-8-6-15(10-22)7-9-16)28-21(27)25(14)13-18-5-3-2-4-17(18)11-23/h2-9H,12-13H2,1H3,(H,24,26). The lowest BCUT2D eigenvalue weighted by Gasteiger charge is -2.08. The van der Waals surface area contributed by atoms with Gasteiger partial charge in [0.2, 0.25) is 0 Å². The Bertz CT molecular complexity index is 1160. The lowest BCUT2D eigenvalue weighted by molar-refractivity contribution is 0.0954. The van der Waals surface area contributed by atoms with Crippen LogP contribution in [0.5, 0.6) is 0 Å². The molecule has 3 aromatic rings. The van der Waals surface area contributed by atoms with Crippen molar-refractivity contribution in [3.8, 4) is 12.1 Å². The zero-order chi connectivity index (χ0) is 20.1. The van der Waals surface area contributed by atoms with Gasteiger partial charge in [-0.25, -0.2) is 0 Å². The van der Waals surface area contributed by atoms with E-state index < -0.39 is 0 Å². The number of thiazole rings is 1. The average Bonchev–Trinajstić information content (AvgIpc) is 3.01. The summed E-state index contributed by atoms with van der Waals surface area (Å²) in [6.07, 6.45) is 0. The van der Waals surface area contributed by atoms with E-state index >= 15 is 0 Å². The summed E-state index contributed by atoms with van der Waals surface area (Å²) < 4.78 is 1.51. The van der Waals surface area contributed by atoms with Crippen molar-refractivity contribution in [1.29, 1.82) is 10.5 Å². The molecule has 0 bridgehead atoms. The van der Waals surface area contributed by atoms with Crippen molar-refractivity contribution < 1.29 is 4.79 Å². The van der Waals surface area contributed by atoms with E-state index in [0.29, 0.717) is 28.2 Å². The van der Waals surface area contributed by atoms with Crippen LogP contribution in [0.1, 0.15) is 37.6 Å². The molecule has 0 spiro atoms. The second kappa shape index (κ2) is 8.34. The number of aromatic nitrogens is 1. The molecular formula is C21H16N4O2S. The van der Waals surface area contributed by atoms with E-state index in [1.165, 1.54) is 4.57 Å². The number of nitrogens with one attached hydrogen (secondary N) is 1. The Kier molecular flexibility index (Phi) is 5.69. The summed E-state index contributed by atoms with van der Waals surface area (Å²) in [5.41, 5.74) is 3.23. The summed E-state index contributed by atoms with van der Waals surface area (Å²) >= 11 is 0.892. The predicted octanol–water partition coefficient (Wildman–Crippen LogP) is 2.94. The van der Waals surface area contributed by atoms with Crippen molar-refractivity contribution >= 4 is 17.2 Å². The first-order valence-electron chi connectivity index (χ1n) is 8.49. The number of amides is 1. The highest BCUT2D eigenvalue weighted by atomic mass is 32.1. The summed E-state index contributed by atoms with van der Waals surface area (Å²) in [6, 6.07) is 18.2. The molecule has 0 aliphatic heterocycles. The SMILES string of the molecule is Cc1c(C(=O)NCc2ccc(C#N)cc2)sc(=O)n1Cc1ccccc1C#N. The van der Waals surface area contributed by atoms with Gasteiger partial charge in [0.15, 0.2) is 0 Å². The van der Waals surface area contributed by atoms with Crippen LogP contribution in [-0.4, -0.2) is 10.5 Å². The minimum absolute atomic E-state index is 0.242. The van der Waals surface area contributed by atoms with Gasteiger partial charge in [-0.15, -0.1) is 0 Å².